The number of hydrogen-bond donors (Lipinski definition) is 1. The fourth-order valence-corrected chi connectivity index (χ4v) is 1.89. The average Bonchev–Trinajstić information content (AvgIpc) is 2.26. The van der Waals surface area contributed by atoms with Gasteiger partial charge in [-0.15, -0.1) is 0 Å². The Kier molecular flexibility index (Phi) is 4.87. The standard InChI is InChI=1S/C14H21NO3/c1-14(2,17)10-15(3)9-11-5-7-12(8-6-11)13(16)18-4/h5-8,17H,9-10H2,1-4H3. The van der Waals surface area contributed by atoms with E-state index in [4.69, 9.17) is 0 Å². The summed E-state index contributed by atoms with van der Waals surface area (Å²) in [4.78, 5) is 13.3. The molecule has 0 aliphatic carbocycles. The highest BCUT2D eigenvalue weighted by Crippen LogP contribution is 2.10. The van der Waals surface area contributed by atoms with Crippen molar-refractivity contribution in [3.05, 3.63) is 35.4 Å². The highest BCUT2D eigenvalue weighted by Gasteiger charge is 2.15. The van der Waals surface area contributed by atoms with Crippen LogP contribution in [0.4, 0.5) is 0 Å². The second-order valence-corrected chi connectivity index (χ2v) is 5.17. The molecule has 0 saturated carbocycles. The van der Waals surface area contributed by atoms with Gasteiger partial charge in [0.1, 0.15) is 0 Å². The molecule has 0 fully saturated rings. The van der Waals surface area contributed by atoms with Gasteiger partial charge < -0.3 is 9.84 Å². The molecule has 0 aliphatic heterocycles. The van der Waals surface area contributed by atoms with Gasteiger partial charge in [0.15, 0.2) is 0 Å². The van der Waals surface area contributed by atoms with Gasteiger partial charge in [-0.25, -0.2) is 4.79 Å². The first kappa shape index (κ1) is 14.7. The van der Waals surface area contributed by atoms with E-state index in [0.717, 1.165) is 12.1 Å². The summed E-state index contributed by atoms with van der Waals surface area (Å²) in [5, 5.41) is 9.71. The van der Waals surface area contributed by atoms with Crippen LogP contribution >= 0.6 is 0 Å². The summed E-state index contributed by atoms with van der Waals surface area (Å²) in [7, 11) is 3.32. The lowest BCUT2D eigenvalue weighted by atomic mass is 10.1. The first-order chi connectivity index (χ1) is 8.31. The van der Waals surface area contributed by atoms with E-state index < -0.39 is 5.60 Å². The summed E-state index contributed by atoms with van der Waals surface area (Å²) in [6.07, 6.45) is 0. The molecule has 1 rings (SSSR count). The minimum Gasteiger partial charge on any atom is -0.465 e. The molecule has 0 spiro atoms. The van der Waals surface area contributed by atoms with Crippen molar-refractivity contribution in [2.45, 2.75) is 26.0 Å². The Bertz CT molecular complexity index is 392. The smallest absolute Gasteiger partial charge is 0.337 e. The first-order valence-electron chi connectivity index (χ1n) is 5.90. The number of carbonyl (C=O) groups excluding carboxylic acids is 1. The van der Waals surface area contributed by atoms with Crippen molar-refractivity contribution < 1.29 is 14.6 Å². The van der Waals surface area contributed by atoms with E-state index in [2.05, 4.69) is 4.74 Å². The van der Waals surface area contributed by atoms with Gasteiger partial charge in [0, 0.05) is 13.1 Å². The average molecular weight is 251 g/mol. The van der Waals surface area contributed by atoms with Crippen LogP contribution in [0.15, 0.2) is 24.3 Å². The molecule has 0 aliphatic rings. The van der Waals surface area contributed by atoms with E-state index in [1.165, 1.54) is 7.11 Å². The maximum absolute atomic E-state index is 11.3. The van der Waals surface area contributed by atoms with E-state index in [9.17, 15) is 9.90 Å². The summed E-state index contributed by atoms with van der Waals surface area (Å²) in [6.45, 7) is 4.88. The molecule has 100 valence electrons. The Balaban J connectivity index is 2.61. The topological polar surface area (TPSA) is 49.8 Å². The van der Waals surface area contributed by atoms with Gasteiger partial charge in [-0.1, -0.05) is 12.1 Å². The van der Waals surface area contributed by atoms with Crippen LogP contribution in [-0.2, 0) is 11.3 Å². The van der Waals surface area contributed by atoms with Gasteiger partial charge in [0.05, 0.1) is 18.3 Å². The van der Waals surface area contributed by atoms with Crippen molar-refractivity contribution in [2.75, 3.05) is 20.7 Å². The fraction of sp³-hybridized carbons (Fsp3) is 0.500. The Hall–Kier alpha value is -1.39. The molecule has 0 amide bonds. The van der Waals surface area contributed by atoms with Crippen molar-refractivity contribution in [3.63, 3.8) is 0 Å². The Morgan fingerprint density at radius 3 is 2.33 bits per heavy atom. The number of hydrogen-bond acceptors (Lipinski definition) is 4. The van der Waals surface area contributed by atoms with Crippen LogP contribution in [0.5, 0.6) is 0 Å². The van der Waals surface area contributed by atoms with E-state index in [0.29, 0.717) is 12.1 Å². The zero-order chi connectivity index (χ0) is 13.8. The highest BCUT2D eigenvalue weighted by molar-refractivity contribution is 5.89. The quantitative estimate of drug-likeness (QED) is 0.809. The van der Waals surface area contributed by atoms with E-state index >= 15 is 0 Å². The molecule has 0 bridgehead atoms. The minimum absolute atomic E-state index is 0.327. The van der Waals surface area contributed by atoms with E-state index in [-0.39, 0.29) is 5.97 Å². The van der Waals surface area contributed by atoms with Crippen molar-refractivity contribution in [1.29, 1.82) is 0 Å². The Morgan fingerprint density at radius 1 is 1.33 bits per heavy atom. The zero-order valence-corrected chi connectivity index (χ0v) is 11.4. The number of nitrogens with zero attached hydrogens (tertiary/aromatic N) is 1. The molecule has 0 aromatic heterocycles. The number of carbonyl (C=O) groups is 1. The van der Waals surface area contributed by atoms with Gasteiger partial charge >= 0.3 is 5.97 Å². The molecule has 4 heteroatoms. The molecular formula is C14H21NO3. The number of methoxy groups -OCH3 is 1. The Morgan fingerprint density at radius 2 is 1.89 bits per heavy atom. The first-order valence-corrected chi connectivity index (χ1v) is 5.90. The monoisotopic (exact) mass is 251 g/mol. The van der Waals surface area contributed by atoms with Crippen molar-refractivity contribution in [2.24, 2.45) is 0 Å². The van der Waals surface area contributed by atoms with Crippen LogP contribution in [0.1, 0.15) is 29.8 Å². The van der Waals surface area contributed by atoms with Crippen molar-refractivity contribution in [1.82, 2.24) is 4.90 Å². The number of esters is 1. The molecule has 1 N–H and O–H groups in total. The number of aliphatic hydroxyl groups is 1. The third kappa shape index (κ3) is 4.85. The van der Waals surface area contributed by atoms with Crippen molar-refractivity contribution in [3.8, 4) is 0 Å². The molecule has 0 saturated heterocycles. The second kappa shape index (κ2) is 5.98. The van der Waals surface area contributed by atoms with Gasteiger partial charge in [0.2, 0.25) is 0 Å². The fourth-order valence-electron chi connectivity index (χ4n) is 1.89. The van der Waals surface area contributed by atoms with Crippen LogP contribution in [0.3, 0.4) is 0 Å². The lowest BCUT2D eigenvalue weighted by molar-refractivity contribution is 0.0425. The van der Waals surface area contributed by atoms with Crippen LogP contribution in [0.25, 0.3) is 0 Å². The third-order valence-electron chi connectivity index (χ3n) is 2.48. The molecule has 18 heavy (non-hydrogen) atoms. The van der Waals surface area contributed by atoms with Gasteiger partial charge in [-0.2, -0.15) is 0 Å². The number of benzene rings is 1. The normalized spacial score (nSPS) is 11.7. The minimum atomic E-state index is -0.708. The largest absolute Gasteiger partial charge is 0.465 e. The van der Waals surface area contributed by atoms with Crippen molar-refractivity contribution >= 4 is 5.97 Å². The molecule has 0 radical (unpaired) electrons. The summed E-state index contributed by atoms with van der Waals surface area (Å²) in [6, 6.07) is 7.29. The molecule has 0 unspecified atom stereocenters. The van der Waals surface area contributed by atoms with Gasteiger partial charge in [-0.3, -0.25) is 4.90 Å². The van der Waals surface area contributed by atoms with Gasteiger partial charge in [0.25, 0.3) is 0 Å². The maximum Gasteiger partial charge on any atom is 0.337 e. The highest BCUT2D eigenvalue weighted by atomic mass is 16.5. The number of ether oxygens (including phenoxy) is 1. The van der Waals surface area contributed by atoms with Crippen LogP contribution in [-0.4, -0.2) is 42.3 Å². The SMILES string of the molecule is COC(=O)c1ccc(CN(C)CC(C)(C)O)cc1. The molecule has 0 heterocycles. The van der Waals surface area contributed by atoms with E-state index in [1.807, 2.05) is 24.1 Å². The molecule has 4 nitrogen and oxygen atoms in total. The summed E-state index contributed by atoms with van der Waals surface area (Å²) < 4.78 is 4.64. The van der Waals surface area contributed by atoms with E-state index in [1.54, 1.807) is 26.0 Å². The second-order valence-electron chi connectivity index (χ2n) is 5.17. The van der Waals surface area contributed by atoms with Crippen LogP contribution in [0, 0.1) is 0 Å². The molecule has 1 aromatic rings. The maximum atomic E-state index is 11.3. The predicted octanol–water partition coefficient (Wildman–Crippen LogP) is 1.68. The van der Waals surface area contributed by atoms with Crippen LogP contribution in [0.2, 0.25) is 0 Å². The molecular weight excluding hydrogens is 230 g/mol. The Labute approximate surface area is 108 Å². The summed E-state index contributed by atoms with van der Waals surface area (Å²) in [5.41, 5.74) is 0.932. The molecule has 1 aromatic carbocycles. The summed E-state index contributed by atoms with van der Waals surface area (Å²) in [5.74, 6) is -0.327. The zero-order valence-electron chi connectivity index (χ0n) is 11.4. The molecule has 0 atom stereocenters. The van der Waals surface area contributed by atoms with Crippen LogP contribution < -0.4 is 0 Å². The lowest BCUT2D eigenvalue weighted by Gasteiger charge is -2.25. The number of rotatable bonds is 5. The third-order valence-corrected chi connectivity index (χ3v) is 2.48. The predicted molar refractivity (Wildman–Crippen MR) is 70.4 cm³/mol. The van der Waals surface area contributed by atoms with Gasteiger partial charge in [-0.05, 0) is 38.6 Å². The lowest BCUT2D eigenvalue weighted by Crippen LogP contribution is -2.35. The number of likely N-dealkylation sites (N-methyl/N-ethyl adjacent to an activating group) is 1. The summed E-state index contributed by atoms with van der Waals surface area (Å²) >= 11 is 0.